The standard InChI is InChI=1S/C27H26O6/c1-13(2)19-9-15-7-17-14(8-20(15)32-19)5-6-16-26(28)25-18-10-22(29-3)23(30-4)11-21(18)31-12-24(25)33-27(16)17/h5-6,9-11,13,24-25H,7-8,12H2,1-4H3/t24-,25+/m1/s1. The van der Waals surface area contributed by atoms with E-state index < -0.39 is 5.92 Å². The van der Waals surface area contributed by atoms with Crippen molar-refractivity contribution in [2.75, 3.05) is 20.8 Å². The van der Waals surface area contributed by atoms with Gasteiger partial charge in [-0.2, -0.15) is 0 Å². The SMILES string of the molecule is COc1cc2c(cc1OC)[C@@H]1C(=O)c3ccc4c(c3O[C@@H]1CO2)Cc1cc(C(C)C)oc1C4. The molecule has 0 bridgehead atoms. The lowest BCUT2D eigenvalue weighted by molar-refractivity contribution is 0.0553. The molecule has 3 aromatic rings. The highest BCUT2D eigenvalue weighted by atomic mass is 16.5. The quantitative estimate of drug-likeness (QED) is 0.440. The summed E-state index contributed by atoms with van der Waals surface area (Å²) in [5.41, 5.74) is 4.83. The summed E-state index contributed by atoms with van der Waals surface area (Å²) in [7, 11) is 3.17. The van der Waals surface area contributed by atoms with Crippen molar-refractivity contribution in [3.05, 3.63) is 69.7 Å². The van der Waals surface area contributed by atoms with Gasteiger partial charge in [0.2, 0.25) is 0 Å². The minimum Gasteiger partial charge on any atom is -0.493 e. The van der Waals surface area contributed by atoms with Crippen LogP contribution in [0.2, 0.25) is 0 Å². The Morgan fingerprint density at radius 2 is 1.79 bits per heavy atom. The highest BCUT2D eigenvalue weighted by Gasteiger charge is 2.45. The first kappa shape index (κ1) is 20.2. The molecule has 0 fully saturated rings. The van der Waals surface area contributed by atoms with E-state index in [9.17, 15) is 4.79 Å². The number of methoxy groups -OCH3 is 2. The third-order valence-electron chi connectivity index (χ3n) is 7.00. The summed E-state index contributed by atoms with van der Waals surface area (Å²) in [4.78, 5) is 13.8. The van der Waals surface area contributed by atoms with Crippen molar-refractivity contribution in [2.24, 2.45) is 0 Å². The molecule has 0 N–H and O–H groups in total. The van der Waals surface area contributed by atoms with Crippen LogP contribution in [0, 0.1) is 0 Å². The lowest BCUT2D eigenvalue weighted by Gasteiger charge is -2.38. The van der Waals surface area contributed by atoms with Crippen LogP contribution < -0.4 is 18.9 Å². The Morgan fingerprint density at radius 1 is 1.00 bits per heavy atom. The molecular formula is C27H26O6. The Labute approximate surface area is 192 Å². The number of ketones is 1. The minimum absolute atomic E-state index is 0.0571. The second kappa shape index (κ2) is 7.30. The number of ether oxygens (including phenoxy) is 4. The van der Waals surface area contributed by atoms with Crippen molar-refractivity contribution in [2.45, 2.75) is 44.6 Å². The number of hydrogen-bond donors (Lipinski definition) is 0. The van der Waals surface area contributed by atoms with Crippen LogP contribution >= 0.6 is 0 Å². The van der Waals surface area contributed by atoms with Crippen LogP contribution in [0.1, 0.15) is 69.8 Å². The van der Waals surface area contributed by atoms with E-state index >= 15 is 0 Å². The first-order chi connectivity index (χ1) is 16.0. The number of Topliss-reactive ketones (excluding diaryl/α,β-unsaturated/α-hetero) is 1. The van der Waals surface area contributed by atoms with E-state index in [4.69, 9.17) is 23.4 Å². The molecule has 1 aliphatic carbocycles. The Kier molecular flexibility index (Phi) is 4.47. The molecule has 6 heteroatoms. The maximum atomic E-state index is 13.8. The predicted molar refractivity (Wildman–Crippen MR) is 121 cm³/mol. The zero-order valence-electron chi connectivity index (χ0n) is 19.2. The van der Waals surface area contributed by atoms with Gasteiger partial charge >= 0.3 is 0 Å². The highest BCUT2D eigenvalue weighted by Crippen LogP contribution is 2.48. The molecule has 0 radical (unpaired) electrons. The van der Waals surface area contributed by atoms with Gasteiger partial charge in [0.1, 0.15) is 35.7 Å². The fourth-order valence-corrected chi connectivity index (χ4v) is 5.24. The molecule has 0 amide bonds. The molecule has 1 aromatic heterocycles. The number of benzene rings is 2. The smallest absolute Gasteiger partial charge is 0.178 e. The summed E-state index contributed by atoms with van der Waals surface area (Å²) in [6.45, 7) is 4.57. The fraction of sp³-hybridized carbons (Fsp3) is 0.370. The van der Waals surface area contributed by atoms with Crippen molar-refractivity contribution in [3.8, 4) is 23.0 Å². The molecule has 2 aliphatic heterocycles. The van der Waals surface area contributed by atoms with Gasteiger partial charge in [-0.15, -0.1) is 0 Å². The molecule has 0 saturated heterocycles. The Balaban J connectivity index is 1.41. The van der Waals surface area contributed by atoms with Gasteiger partial charge in [-0.25, -0.2) is 0 Å². The summed E-state index contributed by atoms with van der Waals surface area (Å²) < 4.78 is 29.5. The number of hydrogen-bond acceptors (Lipinski definition) is 6. The largest absolute Gasteiger partial charge is 0.493 e. The molecule has 0 spiro atoms. The van der Waals surface area contributed by atoms with Gasteiger partial charge in [0.05, 0.1) is 25.7 Å². The highest BCUT2D eigenvalue weighted by molar-refractivity contribution is 6.05. The van der Waals surface area contributed by atoms with E-state index in [0.29, 0.717) is 53.9 Å². The molecule has 3 aliphatic rings. The third kappa shape index (κ3) is 2.96. The van der Waals surface area contributed by atoms with Gasteiger partial charge in [-0.1, -0.05) is 19.9 Å². The minimum atomic E-state index is -0.445. The van der Waals surface area contributed by atoms with E-state index in [1.54, 1.807) is 20.3 Å². The summed E-state index contributed by atoms with van der Waals surface area (Å²) in [6.07, 6.45) is 1.03. The summed E-state index contributed by atoms with van der Waals surface area (Å²) in [5, 5.41) is 0. The van der Waals surface area contributed by atoms with E-state index in [2.05, 4.69) is 19.9 Å². The Bertz CT molecular complexity index is 1280. The van der Waals surface area contributed by atoms with Crippen molar-refractivity contribution in [1.82, 2.24) is 0 Å². The number of fused-ring (bicyclic) bond motifs is 7. The molecule has 33 heavy (non-hydrogen) atoms. The monoisotopic (exact) mass is 446 g/mol. The second-order valence-electron chi connectivity index (χ2n) is 9.24. The molecular weight excluding hydrogens is 420 g/mol. The van der Waals surface area contributed by atoms with Crippen LogP contribution in [-0.2, 0) is 12.8 Å². The van der Waals surface area contributed by atoms with Gasteiger partial charge in [-0.3, -0.25) is 4.79 Å². The van der Waals surface area contributed by atoms with Crippen LogP contribution in [0.3, 0.4) is 0 Å². The van der Waals surface area contributed by atoms with Crippen molar-refractivity contribution >= 4 is 5.78 Å². The summed E-state index contributed by atoms with van der Waals surface area (Å²) in [5.74, 6) is 4.44. The molecule has 3 heterocycles. The van der Waals surface area contributed by atoms with E-state index in [1.165, 1.54) is 5.56 Å². The molecule has 0 saturated carbocycles. The zero-order valence-corrected chi connectivity index (χ0v) is 19.2. The topological polar surface area (TPSA) is 67.1 Å². The average Bonchev–Trinajstić information content (AvgIpc) is 3.25. The molecule has 0 unspecified atom stereocenters. The molecule has 2 atom stereocenters. The van der Waals surface area contributed by atoms with Gasteiger partial charge in [-0.05, 0) is 29.3 Å². The van der Waals surface area contributed by atoms with Crippen LogP contribution in [0.5, 0.6) is 23.0 Å². The van der Waals surface area contributed by atoms with Crippen LogP contribution in [0.4, 0.5) is 0 Å². The number of furan rings is 1. The number of rotatable bonds is 3. The first-order valence-corrected chi connectivity index (χ1v) is 11.3. The van der Waals surface area contributed by atoms with Crippen molar-refractivity contribution in [1.29, 1.82) is 0 Å². The van der Waals surface area contributed by atoms with E-state index in [0.717, 1.165) is 28.2 Å². The van der Waals surface area contributed by atoms with Gasteiger partial charge in [0, 0.05) is 36.0 Å². The Hall–Kier alpha value is -3.41. The third-order valence-corrected chi connectivity index (χ3v) is 7.00. The fourth-order valence-electron chi connectivity index (χ4n) is 5.24. The molecule has 170 valence electrons. The zero-order chi connectivity index (χ0) is 22.9. The van der Waals surface area contributed by atoms with Gasteiger partial charge < -0.3 is 23.4 Å². The molecule has 6 rings (SSSR count). The van der Waals surface area contributed by atoms with Gasteiger partial charge in [0.25, 0.3) is 0 Å². The normalized spacial score (nSPS) is 20.0. The average molecular weight is 446 g/mol. The Morgan fingerprint density at radius 3 is 2.55 bits per heavy atom. The number of carbonyl (C=O) groups is 1. The van der Waals surface area contributed by atoms with Crippen LogP contribution in [0.15, 0.2) is 34.7 Å². The van der Waals surface area contributed by atoms with Crippen molar-refractivity contribution in [3.63, 3.8) is 0 Å². The van der Waals surface area contributed by atoms with Crippen LogP contribution in [-0.4, -0.2) is 32.7 Å². The summed E-state index contributed by atoms with van der Waals surface area (Å²) in [6, 6.07) is 9.72. The van der Waals surface area contributed by atoms with Gasteiger partial charge in [0.15, 0.2) is 17.3 Å². The number of carbonyl (C=O) groups excluding carboxylic acids is 1. The maximum absolute atomic E-state index is 13.8. The van der Waals surface area contributed by atoms with E-state index in [1.807, 2.05) is 18.2 Å². The summed E-state index contributed by atoms with van der Waals surface area (Å²) >= 11 is 0. The molecule has 6 nitrogen and oxygen atoms in total. The molecule has 2 aromatic carbocycles. The predicted octanol–water partition coefficient (Wildman–Crippen LogP) is 5.04. The maximum Gasteiger partial charge on any atom is 0.178 e. The van der Waals surface area contributed by atoms with Crippen LogP contribution in [0.25, 0.3) is 0 Å². The lowest BCUT2D eigenvalue weighted by atomic mass is 9.79. The van der Waals surface area contributed by atoms with E-state index in [-0.39, 0.29) is 11.9 Å². The van der Waals surface area contributed by atoms with Crippen molar-refractivity contribution < 1.29 is 28.2 Å². The lowest BCUT2D eigenvalue weighted by Crippen LogP contribution is -2.43. The first-order valence-electron chi connectivity index (χ1n) is 11.3. The second-order valence-corrected chi connectivity index (χ2v) is 9.24.